The fourth-order valence-corrected chi connectivity index (χ4v) is 2.69. The van der Waals surface area contributed by atoms with Gasteiger partial charge < -0.3 is 11.1 Å². The summed E-state index contributed by atoms with van der Waals surface area (Å²) in [5.74, 6) is -0.257. The van der Waals surface area contributed by atoms with Crippen molar-refractivity contribution in [2.45, 2.75) is 26.2 Å². The second-order valence-electron chi connectivity index (χ2n) is 5.62. The molecule has 0 aliphatic carbocycles. The summed E-state index contributed by atoms with van der Waals surface area (Å²) in [5.41, 5.74) is 6.19. The summed E-state index contributed by atoms with van der Waals surface area (Å²) in [7, 11) is 0. The summed E-state index contributed by atoms with van der Waals surface area (Å²) in [5, 5.41) is 2.48. The van der Waals surface area contributed by atoms with Crippen LogP contribution in [0.1, 0.15) is 28.4 Å². The van der Waals surface area contributed by atoms with Gasteiger partial charge in [0.05, 0.1) is 11.1 Å². The molecule has 26 heavy (non-hydrogen) atoms. The number of benzene rings is 1. The molecule has 0 unspecified atom stereocenters. The molecule has 0 spiro atoms. The lowest BCUT2D eigenvalue weighted by Gasteiger charge is -2.13. The van der Waals surface area contributed by atoms with Gasteiger partial charge in [-0.15, -0.1) is 0 Å². The van der Waals surface area contributed by atoms with Crippen molar-refractivity contribution in [3.8, 4) is 0 Å². The van der Waals surface area contributed by atoms with Gasteiger partial charge in [-0.05, 0) is 24.6 Å². The van der Waals surface area contributed by atoms with Gasteiger partial charge in [-0.25, -0.2) is 9.97 Å². The Morgan fingerprint density at radius 3 is 2.73 bits per heavy atom. The highest BCUT2D eigenvalue weighted by atomic mass is 19.4. The van der Waals surface area contributed by atoms with E-state index in [1.807, 2.05) is 6.92 Å². The van der Waals surface area contributed by atoms with Crippen molar-refractivity contribution in [2.75, 3.05) is 5.73 Å². The number of halogens is 3. The van der Waals surface area contributed by atoms with E-state index in [1.165, 1.54) is 30.5 Å². The van der Waals surface area contributed by atoms with Crippen molar-refractivity contribution in [3.63, 3.8) is 0 Å². The average molecular weight is 363 g/mol. The molecule has 136 valence electrons. The number of carbonyl (C=O) groups excluding carboxylic acids is 1. The molecule has 0 fully saturated rings. The number of amides is 1. The molecule has 0 aliphatic heterocycles. The summed E-state index contributed by atoms with van der Waals surface area (Å²) in [6.07, 6.45) is -3.13. The van der Waals surface area contributed by atoms with Crippen LogP contribution in [0.15, 0.2) is 36.5 Å². The van der Waals surface area contributed by atoms with Gasteiger partial charge in [0.1, 0.15) is 5.52 Å². The van der Waals surface area contributed by atoms with Gasteiger partial charge in [0, 0.05) is 19.3 Å². The number of fused-ring (bicyclic) bond motifs is 1. The number of nitrogens with two attached hydrogens (primary N) is 1. The largest absolute Gasteiger partial charge is 0.416 e. The van der Waals surface area contributed by atoms with Crippen LogP contribution in [0.3, 0.4) is 0 Å². The fourth-order valence-electron chi connectivity index (χ4n) is 2.69. The van der Waals surface area contributed by atoms with Crippen LogP contribution >= 0.6 is 0 Å². The molecule has 3 N–H and O–H groups in total. The number of aromatic nitrogens is 3. The first-order chi connectivity index (χ1) is 12.3. The number of pyridine rings is 1. The maximum atomic E-state index is 13.0. The molecule has 3 rings (SSSR count). The number of nitrogen functional groups attached to an aromatic ring is 1. The molecule has 0 aliphatic rings. The topological polar surface area (TPSA) is 85.8 Å². The number of hydrogen-bond donors (Lipinski definition) is 2. The summed E-state index contributed by atoms with van der Waals surface area (Å²) in [6.45, 7) is 2.21. The van der Waals surface area contributed by atoms with Crippen LogP contribution in [-0.4, -0.2) is 20.4 Å². The molecular formula is C17H16F3N5O. The van der Waals surface area contributed by atoms with Crippen molar-refractivity contribution in [2.24, 2.45) is 0 Å². The number of alkyl halides is 3. The molecule has 0 atom stereocenters. The number of aryl methyl sites for hydroxylation is 1. The Labute approximate surface area is 146 Å². The minimum absolute atomic E-state index is 0.0121. The molecule has 0 radical (unpaired) electrons. The zero-order chi connectivity index (χ0) is 18.9. The van der Waals surface area contributed by atoms with E-state index in [0.717, 1.165) is 6.07 Å². The van der Waals surface area contributed by atoms with Crippen molar-refractivity contribution >= 4 is 23.0 Å². The molecule has 1 amide bonds. The van der Waals surface area contributed by atoms with E-state index in [2.05, 4.69) is 15.3 Å². The Morgan fingerprint density at radius 1 is 1.31 bits per heavy atom. The highest BCUT2D eigenvalue weighted by molar-refractivity contribution is 5.96. The van der Waals surface area contributed by atoms with E-state index < -0.39 is 17.6 Å². The molecule has 2 aromatic heterocycles. The Morgan fingerprint density at radius 2 is 2.04 bits per heavy atom. The van der Waals surface area contributed by atoms with Crippen molar-refractivity contribution in [1.82, 2.24) is 19.9 Å². The average Bonchev–Trinajstić information content (AvgIpc) is 2.93. The van der Waals surface area contributed by atoms with Gasteiger partial charge in [-0.2, -0.15) is 13.2 Å². The van der Waals surface area contributed by atoms with Gasteiger partial charge in [-0.3, -0.25) is 9.36 Å². The molecule has 9 heteroatoms. The zero-order valence-electron chi connectivity index (χ0n) is 13.8. The van der Waals surface area contributed by atoms with Crippen molar-refractivity contribution < 1.29 is 18.0 Å². The molecule has 1 aromatic carbocycles. The third kappa shape index (κ3) is 3.32. The third-order valence-corrected chi connectivity index (χ3v) is 3.96. The Bertz CT molecular complexity index is 965. The maximum Gasteiger partial charge on any atom is 0.416 e. The first kappa shape index (κ1) is 17.7. The van der Waals surface area contributed by atoms with Crippen LogP contribution in [-0.2, 0) is 19.3 Å². The third-order valence-electron chi connectivity index (χ3n) is 3.96. The van der Waals surface area contributed by atoms with E-state index in [4.69, 9.17) is 5.73 Å². The predicted molar refractivity (Wildman–Crippen MR) is 90.2 cm³/mol. The standard InChI is InChI=1S/C17H16F3N5O/c1-2-25-14-13(24-16(25)21)7-11(9-22-14)15(26)23-8-10-5-3-4-6-12(10)17(18,19)20/h3-7,9H,2,8H2,1H3,(H2,21,24)(H,23,26). The normalized spacial score (nSPS) is 11.7. The van der Waals surface area contributed by atoms with Crippen LogP contribution < -0.4 is 11.1 Å². The Balaban J connectivity index is 1.80. The minimum Gasteiger partial charge on any atom is -0.369 e. The first-order valence-corrected chi connectivity index (χ1v) is 7.86. The molecular weight excluding hydrogens is 347 g/mol. The second kappa shape index (κ2) is 6.66. The lowest BCUT2D eigenvalue weighted by molar-refractivity contribution is -0.138. The number of carbonyl (C=O) groups is 1. The number of rotatable bonds is 4. The van der Waals surface area contributed by atoms with Gasteiger partial charge in [0.2, 0.25) is 5.95 Å². The van der Waals surface area contributed by atoms with E-state index >= 15 is 0 Å². The number of imidazole rings is 1. The number of anilines is 1. The molecule has 0 saturated heterocycles. The van der Waals surface area contributed by atoms with E-state index in [0.29, 0.717) is 17.7 Å². The molecule has 0 bridgehead atoms. The van der Waals surface area contributed by atoms with Crippen molar-refractivity contribution in [3.05, 3.63) is 53.2 Å². The predicted octanol–water partition coefficient (Wildman–Crippen LogP) is 2.98. The summed E-state index contributed by atoms with van der Waals surface area (Å²) < 4.78 is 40.7. The lowest BCUT2D eigenvalue weighted by atomic mass is 10.1. The zero-order valence-corrected chi connectivity index (χ0v) is 13.8. The van der Waals surface area contributed by atoms with Crippen LogP contribution in [0.2, 0.25) is 0 Å². The molecule has 2 heterocycles. The highest BCUT2D eigenvalue weighted by Crippen LogP contribution is 2.31. The smallest absolute Gasteiger partial charge is 0.369 e. The van der Waals surface area contributed by atoms with Gasteiger partial charge in [0.15, 0.2) is 5.65 Å². The summed E-state index contributed by atoms with van der Waals surface area (Å²) in [4.78, 5) is 20.6. The monoisotopic (exact) mass is 363 g/mol. The van der Waals surface area contributed by atoms with Gasteiger partial charge in [0.25, 0.3) is 5.91 Å². The molecule has 3 aromatic rings. The van der Waals surface area contributed by atoms with Gasteiger partial charge >= 0.3 is 6.18 Å². The van der Waals surface area contributed by atoms with Crippen molar-refractivity contribution in [1.29, 1.82) is 0 Å². The fraction of sp³-hybridized carbons (Fsp3) is 0.235. The Kier molecular flexibility index (Phi) is 4.54. The van der Waals surface area contributed by atoms with Crippen LogP contribution in [0.25, 0.3) is 11.2 Å². The van der Waals surface area contributed by atoms with E-state index in [1.54, 1.807) is 4.57 Å². The van der Waals surface area contributed by atoms with Crippen LogP contribution in [0.4, 0.5) is 19.1 Å². The SMILES string of the molecule is CCn1c(N)nc2cc(C(=O)NCc3ccccc3C(F)(F)F)cnc21. The highest BCUT2D eigenvalue weighted by Gasteiger charge is 2.32. The summed E-state index contributed by atoms with van der Waals surface area (Å²) >= 11 is 0. The lowest BCUT2D eigenvalue weighted by Crippen LogP contribution is -2.24. The van der Waals surface area contributed by atoms with Gasteiger partial charge in [-0.1, -0.05) is 18.2 Å². The van der Waals surface area contributed by atoms with E-state index in [9.17, 15) is 18.0 Å². The molecule has 0 saturated carbocycles. The van der Waals surface area contributed by atoms with E-state index in [-0.39, 0.29) is 23.6 Å². The van der Waals surface area contributed by atoms with Crippen LogP contribution in [0, 0.1) is 0 Å². The number of nitrogens with zero attached hydrogens (tertiary/aromatic N) is 3. The number of nitrogens with one attached hydrogen (secondary N) is 1. The Hall–Kier alpha value is -3.10. The van der Waals surface area contributed by atoms with Crippen LogP contribution in [0.5, 0.6) is 0 Å². The second-order valence-corrected chi connectivity index (χ2v) is 5.62. The molecule has 6 nitrogen and oxygen atoms in total. The maximum absolute atomic E-state index is 13.0. The quantitative estimate of drug-likeness (QED) is 0.746. The first-order valence-electron chi connectivity index (χ1n) is 7.86. The summed E-state index contributed by atoms with van der Waals surface area (Å²) in [6, 6.07) is 6.62. The number of hydrogen-bond acceptors (Lipinski definition) is 4. The minimum atomic E-state index is -4.48.